The lowest BCUT2D eigenvalue weighted by molar-refractivity contribution is 1.04. The van der Waals surface area contributed by atoms with Gasteiger partial charge in [0, 0.05) is 10.3 Å². The molecule has 0 aliphatic carbocycles. The molecule has 0 aliphatic heterocycles. The van der Waals surface area contributed by atoms with Crippen LogP contribution >= 0.6 is 34.4 Å². The molecule has 0 unspecified atom stereocenters. The second kappa shape index (κ2) is 5.70. The second-order valence-electron chi connectivity index (χ2n) is 5.08. The summed E-state index contributed by atoms with van der Waals surface area (Å²) in [5, 5.41) is 4.68. The van der Waals surface area contributed by atoms with Crippen LogP contribution in [0.2, 0.25) is 0 Å². The first-order valence-corrected chi connectivity index (χ1v) is 9.61. The fourth-order valence-corrected chi connectivity index (χ4v) is 5.08. The molecule has 4 heterocycles. The van der Waals surface area contributed by atoms with Crippen molar-refractivity contribution in [3.63, 3.8) is 0 Å². The van der Waals surface area contributed by atoms with Gasteiger partial charge in [-0.15, -0.1) is 22.7 Å². The standard InChI is InChI=1S/C15H12N4OS3/c1-7-8(2)23-15-11(7)12(20)18-10(19-15)5-22-14-9-3-4-21-13(9)16-6-17-14/h3-4,6H,5H2,1-2H3,(H,18,19,20). The average Bonchev–Trinajstić information content (AvgIpc) is 3.11. The van der Waals surface area contributed by atoms with Crippen molar-refractivity contribution >= 4 is 54.9 Å². The molecule has 0 bridgehead atoms. The van der Waals surface area contributed by atoms with Crippen LogP contribution in [0.4, 0.5) is 0 Å². The van der Waals surface area contributed by atoms with Gasteiger partial charge in [0.05, 0.1) is 11.1 Å². The van der Waals surface area contributed by atoms with Crippen LogP contribution in [-0.4, -0.2) is 19.9 Å². The van der Waals surface area contributed by atoms with Gasteiger partial charge in [-0.2, -0.15) is 0 Å². The maximum Gasteiger partial charge on any atom is 0.259 e. The van der Waals surface area contributed by atoms with Crippen LogP contribution in [0.25, 0.3) is 20.4 Å². The third kappa shape index (κ3) is 2.56. The summed E-state index contributed by atoms with van der Waals surface area (Å²) in [7, 11) is 0. The molecular weight excluding hydrogens is 348 g/mol. The number of H-pyrrole nitrogens is 1. The SMILES string of the molecule is Cc1sc2nc(CSc3ncnc4sccc34)[nH]c(=O)c2c1C. The molecule has 0 spiro atoms. The average molecular weight is 360 g/mol. The highest BCUT2D eigenvalue weighted by Gasteiger charge is 2.13. The number of rotatable bonds is 3. The van der Waals surface area contributed by atoms with Gasteiger partial charge in [0.1, 0.15) is 26.8 Å². The molecule has 5 nitrogen and oxygen atoms in total. The number of aromatic nitrogens is 4. The van der Waals surface area contributed by atoms with E-state index >= 15 is 0 Å². The summed E-state index contributed by atoms with van der Waals surface area (Å²) in [5.74, 6) is 1.25. The summed E-state index contributed by atoms with van der Waals surface area (Å²) in [6.07, 6.45) is 1.58. The summed E-state index contributed by atoms with van der Waals surface area (Å²) in [5.41, 5.74) is 0.963. The van der Waals surface area contributed by atoms with Crippen molar-refractivity contribution in [2.45, 2.75) is 24.6 Å². The first-order chi connectivity index (χ1) is 11.1. The Hall–Kier alpha value is -1.77. The number of nitrogens with one attached hydrogen (secondary N) is 1. The number of fused-ring (bicyclic) bond motifs is 2. The summed E-state index contributed by atoms with van der Waals surface area (Å²) >= 11 is 4.73. The van der Waals surface area contributed by atoms with E-state index in [0.29, 0.717) is 17.0 Å². The molecular formula is C15H12N4OS3. The number of aryl methyl sites for hydroxylation is 2. The third-order valence-electron chi connectivity index (χ3n) is 3.66. The number of nitrogens with zero attached hydrogens (tertiary/aromatic N) is 3. The minimum absolute atomic E-state index is 0.0594. The Balaban J connectivity index is 1.68. The Kier molecular flexibility index (Phi) is 3.67. The van der Waals surface area contributed by atoms with Gasteiger partial charge in [0.2, 0.25) is 0 Å². The molecule has 4 rings (SSSR count). The largest absolute Gasteiger partial charge is 0.309 e. The highest BCUT2D eigenvalue weighted by Crippen LogP contribution is 2.30. The van der Waals surface area contributed by atoms with Crippen molar-refractivity contribution < 1.29 is 0 Å². The van der Waals surface area contributed by atoms with Crippen LogP contribution in [0.3, 0.4) is 0 Å². The zero-order valence-corrected chi connectivity index (χ0v) is 14.9. The van der Waals surface area contributed by atoms with E-state index < -0.39 is 0 Å². The van der Waals surface area contributed by atoms with Crippen molar-refractivity contribution in [1.29, 1.82) is 0 Å². The quantitative estimate of drug-likeness (QED) is 0.443. The zero-order chi connectivity index (χ0) is 16.0. The first kappa shape index (κ1) is 14.8. The molecule has 23 heavy (non-hydrogen) atoms. The first-order valence-electron chi connectivity index (χ1n) is 6.93. The summed E-state index contributed by atoms with van der Waals surface area (Å²) in [6.45, 7) is 3.98. The topological polar surface area (TPSA) is 71.5 Å². The monoisotopic (exact) mass is 360 g/mol. The molecule has 4 aromatic rings. The van der Waals surface area contributed by atoms with E-state index in [9.17, 15) is 4.79 Å². The predicted molar refractivity (Wildman–Crippen MR) is 96.7 cm³/mol. The number of thioether (sulfide) groups is 1. The lowest BCUT2D eigenvalue weighted by Crippen LogP contribution is -2.10. The van der Waals surface area contributed by atoms with Gasteiger partial charge in [-0.1, -0.05) is 11.8 Å². The third-order valence-corrected chi connectivity index (χ3v) is 6.60. The molecule has 0 saturated carbocycles. The van der Waals surface area contributed by atoms with E-state index in [1.165, 1.54) is 0 Å². The molecule has 0 amide bonds. The van der Waals surface area contributed by atoms with Gasteiger partial charge in [0.15, 0.2) is 0 Å². The minimum atomic E-state index is -0.0594. The van der Waals surface area contributed by atoms with Gasteiger partial charge in [-0.3, -0.25) is 4.79 Å². The molecule has 4 aromatic heterocycles. The number of aromatic amines is 1. The van der Waals surface area contributed by atoms with Gasteiger partial charge in [-0.25, -0.2) is 15.0 Å². The lowest BCUT2D eigenvalue weighted by atomic mass is 10.2. The molecule has 0 atom stereocenters. The Bertz CT molecular complexity index is 1080. The highest BCUT2D eigenvalue weighted by atomic mass is 32.2. The summed E-state index contributed by atoms with van der Waals surface area (Å²) < 4.78 is 0. The molecule has 0 fully saturated rings. The van der Waals surface area contributed by atoms with Crippen molar-refractivity contribution in [1.82, 2.24) is 19.9 Å². The van der Waals surface area contributed by atoms with E-state index in [1.807, 2.05) is 25.3 Å². The fraction of sp³-hybridized carbons (Fsp3) is 0.200. The molecule has 0 aromatic carbocycles. The van der Waals surface area contributed by atoms with Crippen molar-refractivity contribution in [3.8, 4) is 0 Å². The molecule has 116 valence electrons. The Morgan fingerprint density at radius 3 is 3.00 bits per heavy atom. The van der Waals surface area contributed by atoms with E-state index in [4.69, 9.17) is 0 Å². The maximum absolute atomic E-state index is 12.3. The van der Waals surface area contributed by atoms with Crippen LogP contribution in [0.5, 0.6) is 0 Å². The van der Waals surface area contributed by atoms with Gasteiger partial charge in [0.25, 0.3) is 5.56 Å². The van der Waals surface area contributed by atoms with Crippen molar-refractivity contribution in [2.75, 3.05) is 0 Å². The van der Waals surface area contributed by atoms with Crippen LogP contribution in [0, 0.1) is 13.8 Å². The molecule has 0 saturated heterocycles. The maximum atomic E-state index is 12.3. The van der Waals surface area contributed by atoms with E-state index in [0.717, 1.165) is 30.5 Å². The summed E-state index contributed by atoms with van der Waals surface area (Å²) in [4.78, 5) is 31.3. The predicted octanol–water partition coefficient (Wildman–Crippen LogP) is 3.90. The molecule has 1 N–H and O–H groups in total. The van der Waals surface area contributed by atoms with Crippen LogP contribution in [0.15, 0.2) is 27.6 Å². The van der Waals surface area contributed by atoms with E-state index in [1.54, 1.807) is 40.8 Å². The zero-order valence-electron chi connectivity index (χ0n) is 12.4. The molecule has 8 heteroatoms. The van der Waals surface area contributed by atoms with Crippen molar-refractivity contribution in [2.24, 2.45) is 0 Å². The minimum Gasteiger partial charge on any atom is -0.309 e. The van der Waals surface area contributed by atoms with Gasteiger partial charge < -0.3 is 4.98 Å². The number of hydrogen-bond donors (Lipinski definition) is 1. The van der Waals surface area contributed by atoms with Crippen LogP contribution in [-0.2, 0) is 5.75 Å². The van der Waals surface area contributed by atoms with Gasteiger partial charge in [-0.05, 0) is 30.9 Å². The molecule has 0 radical (unpaired) electrons. The number of hydrogen-bond acceptors (Lipinski definition) is 7. The van der Waals surface area contributed by atoms with Crippen LogP contribution < -0.4 is 5.56 Å². The van der Waals surface area contributed by atoms with Crippen LogP contribution in [0.1, 0.15) is 16.3 Å². The number of thiophene rings is 2. The van der Waals surface area contributed by atoms with E-state index in [-0.39, 0.29) is 5.56 Å². The highest BCUT2D eigenvalue weighted by molar-refractivity contribution is 7.98. The Morgan fingerprint density at radius 2 is 2.13 bits per heavy atom. The summed E-state index contributed by atoms with van der Waals surface area (Å²) in [6, 6.07) is 2.02. The fourth-order valence-electron chi connectivity index (χ4n) is 2.39. The normalized spacial score (nSPS) is 11.6. The molecule has 0 aliphatic rings. The van der Waals surface area contributed by atoms with E-state index in [2.05, 4.69) is 19.9 Å². The second-order valence-corrected chi connectivity index (χ2v) is 8.14. The lowest BCUT2D eigenvalue weighted by Gasteiger charge is -2.02. The van der Waals surface area contributed by atoms with Crippen molar-refractivity contribution in [3.05, 3.63) is 44.4 Å². The Labute approximate surface area is 143 Å². The van der Waals surface area contributed by atoms with Gasteiger partial charge >= 0.3 is 0 Å². The Morgan fingerprint density at radius 1 is 1.26 bits per heavy atom. The smallest absolute Gasteiger partial charge is 0.259 e.